The van der Waals surface area contributed by atoms with Gasteiger partial charge in [-0.2, -0.15) is 5.10 Å². The number of esters is 1. The van der Waals surface area contributed by atoms with Gasteiger partial charge in [-0.3, -0.25) is 19.4 Å². The number of hydrogen-bond acceptors (Lipinski definition) is 6. The van der Waals surface area contributed by atoms with Crippen LogP contribution in [0.1, 0.15) is 43.0 Å². The van der Waals surface area contributed by atoms with Crippen molar-refractivity contribution in [3.05, 3.63) is 56.6 Å². The van der Waals surface area contributed by atoms with Crippen LogP contribution in [0.3, 0.4) is 0 Å². The van der Waals surface area contributed by atoms with Gasteiger partial charge in [0.2, 0.25) is 0 Å². The number of aryl methyl sites for hydroxylation is 2. The molecule has 10 heteroatoms. The number of fused-ring (bicyclic) bond motifs is 2. The van der Waals surface area contributed by atoms with Crippen LogP contribution in [-0.2, 0) is 24.4 Å². The smallest absolute Gasteiger partial charge is 0.359 e. The lowest BCUT2D eigenvalue weighted by Gasteiger charge is -2.07. The molecule has 3 aromatic heterocycles. The average Bonchev–Trinajstić information content (AvgIpc) is 3.33. The molecular weight excluding hydrogens is 388 g/mol. The second-order valence-corrected chi connectivity index (χ2v) is 6.90. The molecule has 0 aliphatic heterocycles. The number of aromatic nitrogens is 6. The molecule has 0 aliphatic rings. The van der Waals surface area contributed by atoms with Crippen molar-refractivity contribution >= 4 is 28.0 Å². The number of benzene rings is 1. The highest BCUT2D eigenvalue weighted by Crippen LogP contribution is 2.17. The van der Waals surface area contributed by atoms with E-state index >= 15 is 0 Å². The van der Waals surface area contributed by atoms with Gasteiger partial charge >= 0.3 is 11.7 Å². The number of nitrogens with one attached hydrogen (secondary N) is 2. The Kier molecular flexibility index (Phi) is 5.21. The first-order valence-electron chi connectivity index (χ1n) is 9.87. The van der Waals surface area contributed by atoms with Gasteiger partial charge in [-0.05, 0) is 19.4 Å². The number of imidazole rings is 1. The van der Waals surface area contributed by atoms with Crippen molar-refractivity contribution in [1.82, 2.24) is 29.3 Å². The Morgan fingerprint density at radius 1 is 1.17 bits per heavy atom. The molecule has 156 valence electrons. The van der Waals surface area contributed by atoms with Crippen LogP contribution in [0.4, 0.5) is 0 Å². The van der Waals surface area contributed by atoms with E-state index < -0.39 is 17.2 Å². The summed E-state index contributed by atoms with van der Waals surface area (Å²) in [6, 6.07) is 7.25. The van der Waals surface area contributed by atoms with E-state index in [4.69, 9.17) is 4.74 Å². The quantitative estimate of drug-likeness (QED) is 0.448. The molecule has 4 aromatic rings. The normalized spacial score (nSPS) is 11.4. The molecule has 0 atom stereocenters. The molecule has 0 saturated heterocycles. The molecule has 2 N–H and O–H groups in total. The lowest BCUT2D eigenvalue weighted by molar-refractivity contribution is 0.0454. The summed E-state index contributed by atoms with van der Waals surface area (Å²) in [6.07, 6.45) is 1.67. The van der Waals surface area contributed by atoms with E-state index in [1.165, 1.54) is 4.57 Å². The molecule has 0 unspecified atom stereocenters. The molecule has 0 amide bonds. The molecule has 0 radical (unpaired) electrons. The zero-order valence-corrected chi connectivity index (χ0v) is 16.8. The van der Waals surface area contributed by atoms with Crippen molar-refractivity contribution in [2.24, 2.45) is 0 Å². The Labute approximate surface area is 170 Å². The van der Waals surface area contributed by atoms with Crippen LogP contribution in [0.15, 0.2) is 33.9 Å². The Hall–Kier alpha value is -3.69. The first kappa shape index (κ1) is 19.6. The summed E-state index contributed by atoms with van der Waals surface area (Å²) in [6.45, 7) is 4.60. The SMILES string of the molecule is CCCCn1c(=O)[nH]c(=O)c2c1nc(COC(=O)c1n[nH]c3ccccc13)n2CC. The zero-order valence-electron chi connectivity index (χ0n) is 16.8. The highest BCUT2D eigenvalue weighted by molar-refractivity contribution is 6.01. The monoisotopic (exact) mass is 410 g/mol. The number of unbranched alkanes of at least 4 members (excludes halogenated alkanes) is 1. The van der Waals surface area contributed by atoms with Crippen molar-refractivity contribution < 1.29 is 9.53 Å². The maximum atomic E-state index is 12.6. The van der Waals surface area contributed by atoms with Crippen LogP contribution < -0.4 is 11.2 Å². The molecule has 0 saturated carbocycles. The number of aromatic amines is 2. The standard InChI is InChI=1S/C20H22N6O4/c1-3-5-10-26-17-16(18(27)22-20(26)29)25(4-2)14(21-17)11-30-19(28)15-12-8-6-7-9-13(12)23-24-15/h6-9H,3-5,10-11H2,1-2H3,(H,23,24)(H,22,27,29). The number of ether oxygens (including phenoxy) is 1. The summed E-state index contributed by atoms with van der Waals surface area (Å²) in [4.78, 5) is 44.1. The summed E-state index contributed by atoms with van der Waals surface area (Å²) < 4.78 is 8.56. The number of hydrogen-bond donors (Lipinski definition) is 2. The van der Waals surface area contributed by atoms with Gasteiger partial charge < -0.3 is 9.30 Å². The van der Waals surface area contributed by atoms with Crippen molar-refractivity contribution in [3.8, 4) is 0 Å². The summed E-state index contributed by atoms with van der Waals surface area (Å²) >= 11 is 0. The highest BCUT2D eigenvalue weighted by atomic mass is 16.5. The van der Waals surface area contributed by atoms with Gasteiger partial charge in [0.15, 0.2) is 16.9 Å². The molecule has 0 bridgehead atoms. The zero-order chi connectivity index (χ0) is 21.3. The van der Waals surface area contributed by atoms with Gasteiger partial charge in [-0.1, -0.05) is 31.5 Å². The van der Waals surface area contributed by atoms with Crippen molar-refractivity contribution in [2.45, 2.75) is 46.4 Å². The van der Waals surface area contributed by atoms with E-state index in [9.17, 15) is 14.4 Å². The summed E-state index contributed by atoms with van der Waals surface area (Å²) in [5.41, 5.74) is 0.514. The first-order chi connectivity index (χ1) is 14.5. The topological polar surface area (TPSA) is 128 Å². The molecule has 30 heavy (non-hydrogen) atoms. The van der Waals surface area contributed by atoms with E-state index in [1.807, 2.05) is 32.0 Å². The van der Waals surface area contributed by atoms with E-state index in [2.05, 4.69) is 20.2 Å². The summed E-state index contributed by atoms with van der Waals surface area (Å²) in [7, 11) is 0. The van der Waals surface area contributed by atoms with E-state index in [1.54, 1.807) is 10.6 Å². The number of carbonyl (C=O) groups excluding carboxylic acids is 1. The van der Waals surface area contributed by atoms with Gasteiger partial charge in [-0.25, -0.2) is 14.6 Å². The second kappa shape index (κ2) is 7.97. The van der Waals surface area contributed by atoms with Gasteiger partial charge in [-0.15, -0.1) is 0 Å². The number of H-pyrrole nitrogens is 2. The number of rotatable bonds is 7. The third-order valence-corrected chi connectivity index (χ3v) is 5.01. The Balaban J connectivity index is 1.68. The van der Waals surface area contributed by atoms with Crippen LogP contribution in [0.2, 0.25) is 0 Å². The predicted octanol–water partition coefficient (Wildman–Crippen LogP) is 1.94. The minimum absolute atomic E-state index is 0.149. The second-order valence-electron chi connectivity index (χ2n) is 6.90. The molecule has 3 heterocycles. The number of nitrogens with zero attached hydrogens (tertiary/aromatic N) is 4. The van der Waals surface area contributed by atoms with E-state index in [-0.39, 0.29) is 12.3 Å². The van der Waals surface area contributed by atoms with E-state index in [0.29, 0.717) is 35.5 Å². The maximum Gasteiger partial charge on any atom is 0.359 e. The molecule has 0 aliphatic carbocycles. The molecule has 0 spiro atoms. The molecular formula is C20H22N6O4. The lowest BCUT2D eigenvalue weighted by Crippen LogP contribution is -2.31. The fourth-order valence-electron chi connectivity index (χ4n) is 3.51. The fourth-order valence-corrected chi connectivity index (χ4v) is 3.51. The van der Waals surface area contributed by atoms with Crippen LogP contribution in [0, 0.1) is 0 Å². The third-order valence-electron chi connectivity index (χ3n) is 5.01. The van der Waals surface area contributed by atoms with Gasteiger partial charge in [0.05, 0.1) is 5.52 Å². The predicted molar refractivity (Wildman–Crippen MR) is 110 cm³/mol. The molecule has 4 rings (SSSR count). The lowest BCUT2D eigenvalue weighted by atomic mass is 10.2. The minimum Gasteiger partial charge on any atom is -0.453 e. The van der Waals surface area contributed by atoms with Gasteiger partial charge in [0, 0.05) is 18.5 Å². The number of carbonyl (C=O) groups is 1. The largest absolute Gasteiger partial charge is 0.453 e. The van der Waals surface area contributed by atoms with Crippen LogP contribution in [-0.4, -0.2) is 35.3 Å². The Morgan fingerprint density at radius 2 is 1.97 bits per heavy atom. The average molecular weight is 410 g/mol. The maximum absolute atomic E-state index is 12.6. The van der Waals surface area contributed by atoms with Crippen molar-refractivity contribution in [1.29, 1.82) is 0 Å². The minimum atomic E-state index is -0.598. The Morgan fingerprint density at radius 3 is 2.73 bits per heavy atom. The van der Waals surface area contributed by atoms with Gasteiger partial charge in [0.25, 0.3) is 5.56 Å². The van der Waals surface area contributed by atoms with Crippen molar-refractivity contribution in [3.63, 3.8) is 0 Å². The highest BCUT2D eigenvalue weighted by Gasteiger charge is 2.20. The third kappa shape index (κ3) is 3.30. The van der Waals surface area contributed by atoms with Crippen molar-refractivity contribution in [2.75, 3.05) is 0 Å². The Bertz CT molecular complexity index is 1340. The summed E-state index contributed by atoms with van der Waals surface area (Å²) in [5.74, 6) is -0.207. The van der Waals surface area contributed by atoms with Crippen LogP contribution in [0.5, 0.6) is 0 Å². The molecule has 1 aromatic carbocycles. The first-order valence-corrected chi connectivity index (χ1v) is 9.87. The molecule has 10 nitrogen and oxygen atoms in total. The van der Waals surface area contributed by atoms with E-state index in [0.717, 1.165) is 18.4 Å². The number of para-hydroxylation sites is 1. The molecule has 0 fully saturated rings. The van der Waals surface area contributed by atoms with Gasteiger partial charge in [0.1, 0.15) is 12.4 Å². The van der Waals surface area contributed by atoms with Crippen LogP contribution >= 0.6 is 0 Å². The fraction of sp³-hybridized carbons (Fsp3) is 0.350. The van der Waals surface area contributed by atoms with Crippen LogP contribution in [0.25, 0.3) is 22.1 Å². The summed E-state index contributed by atoms with van der Waals surface area (Å²) in [5, 5.41) is 7.50.